The Morgan fingerprint density at radius 3 is 2.43 bits per heavy atom. The molecule has 0 fully saturated rings. The maximum atomic E-state index is 12.5. The Kier molecular flexibility index (Phi) is 5.15. The Hall–Kier alpha value is -1.65. The third-order valence-corrected chi connectivity index (χ3v) is 5.06. The van der Waals surface area contributed by atoms with Crippen LogP contribution in [0, 0.1) is 13.8 Å². The molecule has 0 spiro atoms. The van der Waals surface area contributed by atoms with Crippen molar-refractivity contribution in [1.29, 1.82) is 0 Å². The van der Waals surface area contributed by atoms with Crippen LogP contribution < -0.4 is 10.5 Å². The zero-order chi connectivity index (χ0) is 15.4. The van der Waals surface area contributed by atoms with Crippen LogP contribution in [0.15, 0.2) is 47.4 Å². The van der Waals surface area contributed by atoms with Gasteiger partial charge in [-0.15, -0.1) is 0 Å². The topological polar surface area (TPSA) is 52.3 Å². The SMILES string of the molecule is COc1ccc(C(N)CS(=O)c2cc(C)ccc2C)cc1. The fourth-order valence-electron chi connectivity index (χ4n) is 2.15. The zero-order valence-corrected chi connectivity index (χ0v) is 13.4. The number of aryl methyl sites for hydroxylation is 2. The van der Waals surface area contributed by atoms with Gasteiger partial charge < -0.3 is 10.5 Å². The van der Waals surface area contributed by atoms with E-state index in [1.54, 1.807) is 7.11 Å². The average Bonchev–Trinajstić information content (AvgIpc) is 2.49. The van der Waals surface area contributed by atoms with Crippen molar-refractivity contribution >= 4 is 10.8 Å². The summed E-state index contributed by atoms with van der Waals surface area (Å²) in [6.07, 6.45) is 0. The van der Waals surface area contributed by atoms with Gasteiger partial charge in [-0.25, -0.2) is 0 Å². The Morgan fingerprint density at radius 1 is 1.14 bits per heavy atom. The number of rotatable bonds is 5. The summed E-state index contributed by atoms with van der Waals surface area (Å²) in [6.45, 7) is 3.98. The summed E-state index contributed by atoms with van der Waals surface area (Å²) in [5, 5.41) is 0. The molecule has 2 atom stereocenters. The van der Waals surface area contributed by atoms with Gasteiger partial charge in [-0.3, -0.25) is 4.21 Å². The van der Waals surface area contributed by atoms with Gasteiger partial charge in [-0.05, 0) is 48.7 Å². The Balaban J connectivity index is 2.12. The fourth-order valence-corrected chi connectivity index (χ4v) is 3.60. The standard InChI is InChI=1S/C17H21NO2S/c1-12-4-5-13(2)17(10-12)21(19)11-16(18)14-6-8-15(20-3)9-7-14/h4-10,16H,11,18H2,1-3H3. The van der Waals surface area contributed by atoms with E-state index in [4.69, 9.17) is 10.5 Å². The van der Waals surface area contributed by atoms with Gasteiger partial charge in [-0.1, -0.05) is 24.3 Å². The molecule has 2 aromatic rings. The van der Waals surface area contributed by atoms with Crippen LogP contribution in [0.3, 0.4) is 0 Å². The van der Waals surface area contributed by atoms with Crippen molar-refractivity contribution in [2.75, 3.05) is 12.9 Å². The molecule has 2 unspecified atom stereocenters. The lowest BCUT2D eigenvalue weighted by molar-refractivity contribution is 0.414. The van der Waals surface area contributed by atoms with Gasteiger partial charge in [0.05, 0.1) is 17.9 Å². The van der Waals surface area contributed by atoms with Crippen molar-refractivity contribution in [1.82, 2.24) is 0 Å². The minimum Gasteiger partial charge on any atom is -0.497 e. The monoisotopic (exact) mass is 303 g/mol. The summed E-state index contributed by atoms with van der Waals surface area (Å²) in [5.41, 5.74) is 9.30. The highest BCUT2D eigenvalue weighted by Crippen LogP contribution is 2.21. The minimum absolute atomic E-state index is 0.253. The van der Waals surface area contributed by atoms with Crippen LogP contribution in [0.5, 0.6) is 5.75 Å². The van der Waals surface area contributed by atoms with Gasteiger partial charge in [0, 0.05) is 16.7 Å². The molecule has 2 rings (SSSR count). The first-order valence-corrected chi connectivity index (χ1v) is 8.18. The van der Waals surface area contributed by atoms with E-state index in [1.165, 1.54) is 0 Å². The van der Waals surface area contributed by atoms with Crippen molar-refractivity contribution in [3.05, 3.63) is 59.2 Å². The van der Waals surface area contributed by atoms with E-state index in [2.05, 4.69) is 0 Å². The van der Waals surface area contributed by atoms with Gasteiger partial charge >= 0.3 is 0 Å². The molecule has 21 heavy (non-hydrogen) atoms. The Labute approximate surface area is 128 Å². The maximum absolute atomic E-state index is 12.5. The third-order valence-electron chi connectivity index (χ3n) is 3.46. The van der Waals surface area contributed by atoms with E-state index in [0.717, 1.165) is 27.3 Å². The van der Waals surface area contributed by atoms with Crippen molar-refractivity contribution in [3.8, 4) is 5.75 Å². The molecular formula is C17H21NO2S. The first-order chi connectivity index (χ1) is 10.0. The largest absolute Gasteiger partial charge is 0.497 e. The molecule has 2 N–H and O–H groups in total. The van der Waals surface area contributed by atoms with Crippen LogP contribution in [0.2, 0.25) is 0 Å². The van der Waals surface area contributed by atoms with E-state index in [-0.39, 0.29) is 6.04 Å². The van der Waals surface area contributed by atoms with E-state index >= 15 is 0 Å². The number of methoxy groups -OCH3 is 1. The fraction of sp³-hybridized carbons (Fsp3) is 0.294. The number of ether oxygens (including phenoxy) is 1. The Morgan fingerprint density at radius 2 is 1.81 bits per heavy atom. The smallest absolute Gasteiger partial charge is 0.118 e. The van der Waals surface area contributed by atoms with Gasteiger partial charge in [0.1, 0.15) is 5.75 Å². The number of hydrogen-bond acceptors (Lipinski definition) is 3. The molecule has 0 aliphatic rings. The second kappa shape index (κ2) is 6.87. The summed E-state index contributed by atoms with van der Waals surface area (Å²) in [6, 6.07) is 13.3. The molecular weight excluding hydrogens is 282 g/mol. The van der Waals surface area contributed by atoms with Crippen LogP contribution in [0.1, 0.15) is 22.7 Å². The summed E-state index contributed by atoms with van der Waals surface area (Å²) in [7, 11) is 0.530. The highest BCUT2D eigenvalue weighted by Gasteiger charge is 2.14. The summed E-state index contributed by atoms with van der Waals surface area (Å²) < 4.78 is 17.7. The second-order valence-electron chi connectivity index (χ2n) is 5.16. The quantitative estimate of drug-likeness (QED) is 0.923. The molecule has 0 saturated carbocycles. The molecule has 0 radical (unpaired) electrons. The number of nitrogens with two attached hydrogens (primary N) is 1. The second-order valence-corrected chi connectivity index (χ2v) is 6.62. The molecule has 0 aromatic heterocycles. The van der Waals surface area contributed by atoms with E-state index < -0.39 is 10.8 Å². The van der Waals surface area contributed by atoms with E-state index in [9.17, 15) is 4.21 Å². The van der Waals surface area contributed by atoms with Crippen molar-refractivity contribution < 1.29 is 8.95 Å². The first kappa shape index (κ1) is 15.7. The summed E-state index contributed by atoms with van der Waals surface area (Å²) in [4.78, 5) is 0.874. The lowest BCUT2D eigenvalue weighted by Gasteiger charge is -2.14. The molecule has 0 saturated heterocycles. The van der Waals surface area contributed by atoms with Crippen LogP contribution >= 0.6 is 0 Å². The van der Waals surface area contributed by atoms with E-state index in [1.807, 2.05) is 56.3 Å². The molecule has 3 nitrogen and oxygen atoms in total. The van der Waals surface area contributed by atoms with Crippen LogP contribution in [0.4, 0.5) is 0 Å². The van der Waals surface area contributed by atoms with Gasteiger partial charge in [0.15, 0.2) is 0 Å². The van der Waals surface area contributed by atoms with E-state index in [0.29, 0.717) is 5.75 Å². The summed E-state index contributed by atoms with van der Waals surface area (Å²) in [5.74, 6) is 1.21. The highest BCUT2D eigenvalue weighted by atomic mass is 32.2. The molecule has 0 aliphatic carbocycles. The highest BCUT2D eigenvalue weighted by molar-refractivity contribution is 7.85. The molecule has 0 heterocycles. The predicted molar refractivity (Wildman–Crippen MR) is 87.1 cm³/mol. The van der Waals surface area contributed by atoms with Crippen molar-refractivity contribution in [3.63, 3.8) is 0 Å². The van der Waals surface area contributed by atoms with Gasteiger partial charge in [0.25, 0.3) is 0 Å². The molecule has 0 bridgehead atoms. The number of hydrogen-bond donors (Lipinski definition) is 1. The van der Waals surface area contributed by atoms with Gasteiger partial charge in [0.2, 0.25) is 0 Å². The number of benzene rings is 2. The van der Waals surface area contributed by atoms with Crippen LogP contribution in [0.25, 0.3) is 0 Å². The van der Waals surface area contributed by atoms with Crippen molar-refractivity contribution in [2.24, 2.45) is 5.73 Å². The lowest BCUT2D eigenvalue weighted by Crippen LogP contribution is -2.18. The normalized spacial score (nSPS) is 13.7. The lowest BCUT2D eigenvalue weighted by atomic mass is 10.1. The molecule has 112 valence electrons. The van der Waals surface area contributed by atoms with Crippen molar-refractivity contribution in [2.45, 2.75) is 24.8 Å². The average molecular weight is 303 g/mol. The maximum Gasteiger partial charge on any atom is 0.118 e. The molecule has 0 amide bonds. The molecule has 4 heteroatoms. The third kappa shape index (κ3) is 3.93. The zero-order valence-electron chi connectivity index (χ0n) is 12.6. The first-order valence-electron chi connectivity index (χ1n) is 6.86. The summed E-state index contributed by atoms with van der Waals surface area (Å²) >= 11 is 0. The predicted octanol–water partition coefficient (Wildman–Crippen LogP) is 3.12. The van der Waals surface area contributed by atoms with Gasteiger partial charge in [-0.2, -0.15) is 0 Å². The minimum atomic E-state index is -1.10. The molecule has 2 aromatic carbocycles. The Bertz CT molecular complexity index is 638. The molecule has 0 aliphatic heterocycles. The van der Waals surface area contributed by atoms with Crippen LogP contribution in [-0.4, -0.2) is 17.1 Å². The van der Waals surface area contributed by atoms with Crippen LogP contribution in [-0.2, 0) is 10.8 Å².